The molecular formula is C12H18N4. The average molecular weight is 218 g/mol. The molecule has 0 aromatic heterocycles. The maximum atomic E-state index is 7.29. The van der Waals surface area contributed by atoms with Gasteiger partial charge in [0.05, 0.1) is 0 Å². The fourth-order valence-corrected chi connectivity index (χ4v) is 1.94. The summed E-state index contributed by atoms with van der Waals surface area (Å²) in [4.78, 5) is 0. The fraction of sp³-hybridized carbons (Fsp3) is 0.417. The SMILES string of the molecule is N=C(N)c1ccc(NCC2CCCN2)cc1. The van der Waals surface area contributed by atoms with E-state index in [1.54, 1.807) is 0 Å². The van der Waals surface area contributed by atoms with Crippen LogP contribution in [-0.2, 0) is 0 Å². The molecular weight excluding hydrogens is 200 g/mol. The van der Waals surface area contributed by atoms with Crippen molar-refractivity contribution in [2.45, 2.75) is 18.9 Å². The van der Waals surface area contributed by atoms with E-state index >= 15 is 0 Å². The van der Waals surface area contributed by atoms with Crippen LogP contribution in [0.2, 0.25) is 0 Å². The Morgan fingerprint density at radius 3 is 2.75 bits per heavy atom. The number of hydrogen-bond donors (Lipinski definition) is 4. The van der Waals surface area contributed by atoms with Crippen LogP contribution in [0.4, 0.5) is 5.69 Å². The zero-order valence-corrected chi connectivity index (χ0v) is 9.29. The predicted molar refractivity (Wildman–Crippen MR) is 67.0 cm³/mol. The number of nitrogens with one attached hydrogen (secondary N) is 3. The van der Waals surface area contributed by atoms with Crippen molar-refractivity contribution in [2.24, 2.45) is 5.73 Å². The van der Waals surface area contributed by atoms with Gasteiger partial charge in [0.15, 0.2) is 0 Å². The Labute approximate surface area is 95.7 Å². The molecule has 5 N–H and O–H groups in total. The molecule has 0 bridgehead atoms. The number of benzene rings is 1. The molecule has 16 heavy (non-hydrogen) atoms. The van der Waals surface area contributed by atoms with E-state index in [1.165, 1.54) is 12.8 Å². The van der Waals surface area contributed by atoms with Crippen LogP contribution >= 0.6 is 0 Å². The molecule has 0 aliphatic carbocycles. The molecule has 86 valence electrons. The Balaban J connectivity index is 1.87. The first-order chi connectivity index (χ1) is 7.75. The summed E-state index contributed by atoms with van der Waals surface area (Å²) in [6.07, 6.45) is 2.52. The largest absolute Gasteiger partial charge is 0.384 e. The first-order valence-corrected chi connectivity index (χ1v) is 5.67. The lowest BCUT2D eigenvalue weighted by atomic mass is 10.2. The van der Waals surface area contributed by atoms with Gasteiger partial charge in [0.2, 0.25) is 0 Å². The van der Waals surface area contributed by atoms with Crippen LogP contribution in [0, 0.1) is 5.41 Å². The summed E-state index contributed by atoms with van der Waals surface area (Å²) in [5.74, 6) is 0.115. The third-order valence-corrected chi connectivity index (χ3v) is 2.91. The van der Waals surface area contributed by atoms with Crippen molar-refractivity contribution in [3.05, 3.63) is 29.8 Å². The minimum absolute atomic E-state index is 0.115. The summed E-state index contributed by atoms with van der Waals surface area (Å²) in [7, 11) is 0. The summed E-state index contributed by atoms with van der Waals surface area (Å²) < 4.78 is 0. The van der Waals surface area contributed by atoms with Gasteiger partial charge in [-0.25, -0.2) is 0 Å². The molecule has 1 aliphatic heterocycles. The maximum absolute atomic E-state index is 7.29. The summed E-state index contributed by atoms with van der Waals surface area (Å²) >= 11 is 0. The first kappa shape index (κ1) is 11.0. The van der Waals surface area contributed by atoms with E-state index in [4.69, 9.17) is 11.1 Å². The number of rotatable bonds is 4. The fourth-order valence-electron chi connectivity index (χ4n) is 1.94. The van der Waals surface area contributed by atoms with Crippen LogP contribution < -0.4 is 16.4 Å². The highest BCUT2D eigenvalue weighted by Crippen LogP contribution is 2.11. The molecule has 2 rings (SSSR count). The molecule has 1 aromatic carbocycles. The minimum Gasteiger partial charge on any atom is -0.384 e. The molecule has 0 saturated carbocycles. The minimum atomic E-state index is 0.115. The lowest BCUT2D eigenvalue weighted by Crippen LogP contribution is -2.29. The lowest BCUT2D eigenvalue weighted by Gasteiger charge is -2.12. The van der Waals surface area contributed by atoms with E-state index in [0.29, 0.717) is 6.04 Å². The van der Waals surface area contributed by atoms with Gasteiger partial charge in [-0.05, 0) is 43.7 Å². The smallest absolute Gasteiger partial charge is 0.122 e. The van der Waals surface area contributed by atoms with Gasteiger partial charge in [0.25, 0.3) is 0 Å². The summed E-state index contributed by atoms with van der Waals surface area (Å²) in [6, 6.07) is 8.25. The second kappa shape index (κ2) is 4.99. The van der Waals surface area contributed by atoms with Gasteiger partial charge >= 0.3 is 0 Å². The Kier molecular flexibility index (Phi) is 3.41. The van der Waals surface area contributed by atoms with E-state index in [9.17, 15) is 0 Å². The number of hydrogen-bond acceptors (Lipinski definition) is 3. The Morgan fingerprint density at radius 1 is 1.44 bits per heavy atom. The molecule has 1 atom stereocenters. The van der Waals surface area contributed by atoms with Crippen LogP contribution in [0.5, 0.6) is 0 Å². The average Bonchev–Trinajstić information content (AvgIpc) is 2.80. The van der Waals surface area contributed by atoms with Crippen molar-refractivity contribution < 1.29 is 0 Å². The van der Waals surface area contributed by atoms with Crippen molar-refractivity contribution in [1.29, 1.82) is 5.41 Å². The number of anilines is 1. The summed E-state index contributed by atoms with van der Waals surface area (Å²) in [6.45, 7) is 2.09. The van der Waals surface area contributed by atoms with Crippen LogP contribution in [-0.4, -0.2) is 25.0 Å². The summed E-state index contributed by atoms with van der Waals surface area (Å²) in [5.41, 5.74) is 7.24. The van der Waals surface area contributed by atoms with E-state index < -0.39 is 0 Å². The molecule has 0 amide bonds. The standard InChI is InChI=1S/C12H18N4/c13-12(14)9-3-5-10(6-4-9)16-8-11-2-1-7-15-11/h3-6,11,15-16H,1-2,7-8H2,(H3,13,14). The lowest BCUT2D eigenvalue weighted by molar-refractivity contribution is 0.633. The van der Waals surface area contributed by atoms with Crippen molar-refractivity contribution in [3.63, 3.8) is 0 Å². The van der Waals surface area contributed by atoms with Crippen molar-refractivity contribution >= 4 is 11.5 Å². The number of nitrogen functional groups attached to an aromatic ring is 1. The zero-order chi connectivity index (χ0) is 11.4. The highest BCUT2D eigenvalue weighted by atomic mass is 15.0. The summed E-state index contributed by atoms with van der Waals surface area (Å²) in [5, 5.41) is 14.1. The molecule has 1 unspecified atom stereocenters. The molecule has 1 heterocycles. The second-order valence-electron chi connectivity index (χ2n) is 4.17. The van der Waals surface area contributed by atoms with Gasteiger partial charge in [0, 0.05) is 23.8 Å². The normalized spacial score (nSPS) is 19.6. The van der Waals surface area contributed by atoms with Gasteiger partial charge in [-0.3, -0.25) is 5.41 Å². The molecule has 1 aromatic rings. The van der Waals surface area contributed by atoms with Gasteiger partial charge in [-0.1, -0.05) is 0 Å². The van der Waals surface area contributed by atoms with E-state index in [-0.39, 0.29) is 5.84 Å². The Morgan fingerprint density at radius 2 is 2.19 bits per heavy atom. The van der Waals surface area contributed by atoms with E-state index in [0.717, 1.165) is 24.3 Å². The topological polar surface area (TPSA) is 73.9 Å². The van der Waals surface area contributed by atoms with E-state index in [2.05, 4.69) is 10.6 Å². The third-order valence-electron chi connectivity index (χ3n) is 2.91. The van der Waals surface area contributed by atoms with Crippen LogP contribution in [0.3, 0.4) is 0 Å². The second-order valence-corrected chi connectivity index (χ2v) is 4.17. The van der Waals surface area contributed by atoms with Gasteiger partial charge in [-0.15, -0.1) is 0 Å². The van der Waals surface area contributed by atoms with E-state index in [1.807, 2.05) is 24.3 Å². The molecule has 4 nitrogen and oxygen atoms in total. The van der Waals surface area contributed by atoms with Gasteiger partial charge < -0.3 is 16.4 Å². The van der Waals surface area contributed by atoms with Crippen molar-refractivity contribution in [2.75, 3.05) is 18.4 Å². The molecule has 1 fully saturated rings. The van der Waals surface area contributed by atoms with Crippen LogP contribution in [0.15, 0.2) is 24.3 Å². The van der Waals surface area contributed by atoms with Crippen molar-refractivity contribution in [3.8, 4) is 0 Å². The van der Waals surface area contributed by atoms with Crippen LogP contribution in [0.1, 0.15) is 18.4 Å². The molecule has 0 spiro atoms. The first-order valence-electron chi connectivity index (χ1n) is 5.67. The molecule has 1 saturated heterocycles. The third kappa shape index (κ3) is 2.73. The van der Waals surface area contributed by atoms with Gasteiger partial charge in [-0.2, -0.15) is 0 Å². The van der Waals surface area contributed by atoms with Crippen LogP contribution in [0.25, 0.3) is 0 Å². The molecule has 0 radical (unpaired) electrons. The Bertz CT molecular complexity index is 352. The zero-order valence-electron chi connectivity index (χ0n) is 9.29. The maximum Gasteiger partial charge on any atom is 0.122 e. The number of amidine groups is 1. The quantitative estimate of drug-likeness (QED) is 0.452. The van der Waals surface area contributed by atoms with Crippen molar-refractivity contribution in [1.82, 2.24) is 5.32 Å². The highest BCUT2D eigenvalue weighted by molar-refractivity contribution is 5.95. The number of nitrogens with two attached hydrogens (primary N) is 1. The monoisotopic (exact) mass is 218 g/mol. The van der Waals surface area contributed by atoms with Gasteiger partial charge in [0.1, 0.15) is 5.84 Å². The Hall–Kier alpha value is -1.55. The predicted octanol–water partition coefficient (Wildman–Crippen LogP) is 1.13. The molecule has 1 aliphatic rings. The highest BCUT2D eigenvalue weighted by Gasteiger charge is 2.12. The molecule has 4 heteroatoms.